The molecule has 6 heteroatoms. The van der Waals surface area contributed by atoms with Crippen LogP contribution in [-0.2, 0) is 9.05 Å². The lowest BCUT2D eigenvalue weighted by molar-refractivity contribution is 0.341. The molecule has 0 radical (unpaired) electrons. The summed E-state index contributed by atoms with van der Waals surface area (Å²) in [4.78, 5) is 0. The summed E-state index contributed by atoms with van der Waals surface area (Å²) >= 11 is 0. The molecule has 1 aliphatic carbocycles. The second-order valence-electron chi connectivity index (χ2n) is 12.1. The molecule has 0 N–H and O–H groups in total. The molecule has 1 saturated carbocycles. The van der Waals surface area contributed by atoms with Crippen LogP contribution in [0.1, 0.15) is 25.7 Å². The van der Waals surface area contributed by atoms with Crippen molar-refractivity contribution in [3.05, 3.63) is 182 Å². The average molecular weight is 659 g/mol. The Balaban J connectivity index is 1.26. The molecule has 1 aliphatic rings. The molecule has 1 fully saturated rings. The molecule has 0 spiro atoms. The van der Waals surface area contributed by atoms with E-state index in [1.165, 1.54) is 0 Å². The Morgan fingerprint density at radius 3 is 0.792 bits per heavy atom. The first-order chi connectivity index (χ1) is 23.8. The molecular weight excluding hydrogens is 621 g/mol. The molecule has 0 aromatic heterocycles. The number of oxime groups is 2. The highest BCUT2D eigenvalue weighted by molar-refractivity contribution is 7.07. The molecule has 0 atom stereocenters. The van der Waals surface area contributed by atoms with Gasteiger partial charge in [0.25, 0.3) is 0 Å². The number of benzene rings is 6. The fourth-order valence-corrected chi connectivity index (χ4v) is 13.8. The Morgan fingerprint density at radius 2 is 0.562 bits per heavy atom. The second-order valence-corrected chi connectivity index (χ2v) is 18.6. The smallest absolute Gasteiger partial charge is 0.380 e. The number of hydrogen-bond donors (Lipinski definition) is 0. The molecule has 6 aromatic rings. The number of rotatable bonds is 10. The standard InChI is InChI=1S/C42H38N2O2Si2/c1-7-22-37(23-8-1)47(38-24-9-2-10-25-38,39-26-11-3-12-27-39)45-43-35-20-19-21-36(34-35)44-46-48(40-28-13-4-14-29-40,41-30-15-5-16-31-41)42-32-17-6-18-33-42/h1-18,22-33H,19-21,34H2/b43-35-,44-36+. The Bertz CT molecular complexity index is 1620. The third-order valence-electron chi connectivity index (χ3n) is 9.04. The molecule has 0 aliphatic heterocycles. The van der Waals surface area contributed by atoms with Gasteiger partial charge in [0.1, 0.15) is 0 Å². The SMILES string of the molecule is c1ccc([Si](O/N=C2/CCC/C(=N\O[Si](c3ccccc3)(c3ccccc3)c3ccccc3)C2)(c2ccccc2)c2ccccc2)cc1. The van der Waals surface area contributed by atoms with Gasteiger partial charge < -0.3 is 9.05 Å². The summed E-state index contributed by atoms with van der Waals surface area (Å²) in [5, 5.41) is 17.0. The lowest BCUT2D eigenvalue weighted by atomic mass is 9.97. The van der Waals surface area contributed by atoms with E-state index in [0.717, 1.165) is 61.8 Å². The second kappa shape index (κ2) is 14.6. The summed E-state index contributed by atoms with van der Waals surface area (Å²) in [7, 11) is -5.92. The predicted octanol–water partition coefficient (Wildman–Crippen LogP) is 5.64. The van der Waals surface area contributed by atoms with E-state index in [1.807, 2.05) is 0 Å². The van der Waals surface area contributed by atoms with E-state index in [9.17, 15) is 0 Å². The minimum Gasteiger partial charge on any atom is -0.438 e. The molecule has 0 unspecified atom stereocenters. The summed E-state index contributed by atoms with van der Waals surface area (Å²) < 4.78 is 13.9. The summed E-state index contributed by atoms with van der Waals surface area (Å²) in [6.45, 7) is 0. The first-order valence-electron chi connectivity index (χ1n) is 16.6. The Labute approximate surface area is 285 Å². The summed E-state index contributed by atoms with van der Waals surface area (Å²) in [6, 6.07) is 63.5. The fourth-order valence-electron chi connectivity index (χ4n) is 6.68. The van der Waals surface area contributed by atoms with Crippen LogP contribution in [0.15, 0.2) is 192 Å². The van der Waals surface area contributed by atoms with E-state index in [-0.39, 0.29) is 0 Å². The maximum atomic E-state index is 6.97. The van der Waals surface area contributed by atoms with Crippen molar-refractivity contribution in [2.75, 3.05) is 0 Å². The monoisotopic (exact) mass is 658 g/mol. The van der Waals surface area contributed by atoms with Gasteiger partial charge in [0.2, 0.25) is 0 Å². The zero-order valence-electron chi connectivity index (χ0n) is 26.9. The van der Waals surface area contributed by atoms with Crippen molar-refractivity contribution in [1.29, 1.82) is 0 Å². The maximum Gasteiger partial charge on any atom is 0.380 e. The number of nitrogens with zero attached hydrogens (tertiary/aromatic N) is 2. The molecule has 236 valence electrons. The summed E-state index contributed by atoms with van der Waals surface area (Å²) in [5.41, 5.74) is 1.99. The Kier molecular flexibility index (Phi) is 9.54. The van der Waals surface area contributed by atoms with E-state index in [0.29, 0.717) is 6.42 Å². The third-order valence-corrected chi connectivity index (χ3v) is 16.7. The summed E-state index contributed by atoms with van der Waals surface area (Å²) in [5.74, 6) is 0. The molecule has 0 saturated heterocycles. The van der Waals surface area contributed by atoms with Crippen LogP contribution in [-0.4, -0.2) is 28.1 Å². The average Bonchev–Trinajstić information content (AvgIpc) is 3.18. The lowest BCUT2D eigenvalue weighted by Crippen LogP contribution is -2.68. The Hall–Kier alpha value is -5.31. The predicted molar refractivity (Wildman–Crippen MR) is 203 cm³/mol. The van der Waals surface area contributed by atoms with Gasteiger partial charge in [-0.05, 0) is 50.4 Å². The minimum absolute atomic E-state index is 0.617. The largest absolute Gasteiger partial charge is 0.438 e. The van der Waals surface area contributed by atoms with Gasteiger partial charge in [0, 0.05) is 6.42 Å². The first kappa shape index (κ1) is 31.3. The molecule has 48 heavy (non-hydrogen) atoms. The maximum absolute atomic E-state index is 6.97. The van der Waals surface area contributed by atoms with Crippen molar-refractivity contribution in [3.8, 4) is 0 Å². The van der Waals surface area contributed by atoms with Crippen molar-refractivity contribution in [2.45, 2.75) is 25.7 Å². The van der Waals surface area contributed by atoms with Crippen molar-refractivity contribution in [3.63, 3.8) is 0 Å². The Morgan fingerprint density at radius 1 is 0.333 bits per heavy atom. The van der Waals surface area contributed by atoms with Gasteiger partial charge >= 0.3 is 16.6 Å². The molecule has 0 bridgehead atoms. The van der Waals surface area contributed by atoms with Crippen LogP contribution in [0, 0.1) is 0 Å². The van der Waals surface area contributed by atoms with E-state index in [4.69, 9.17) is 19.4 Å². The van der Waals surface area contributed by atoms with Gasteiger partial charge in [-0.3, -0.25) is 0 Å². The highest BCUT2D eigenvalue weighted by Gasteiger charge is 2.46. The highest BCUT2D eigenvalue weighted by Crippen LogP contribution is 2.19. The zero-order valence-corrected chi connectivity index (χ0v) is 28.9. The quantitative estimate of drug-likeness (QED) is 0.109. The van der Waals surface area contributed by atoms with E-state index < -0.39 is 16.6 Å². The van der Waals surface area contributed by atoms with Crippen LogP contribution in [0.2, 0.25) is 0 Å². The van der Waals surface area contributed by atoms with Crippen LogP contribution in [0.25, 0.3) is 0 Å². The normalized spacial score (nSPS) is 15.2. The van der Waals surface area contributed by atoms with Crippen LogP contribution < -0.4 is 31.1 Å². The third kappa shape index (κ3) is 6.32. The van der Waals surface area contributed by atoms with E-state index in [1.54, 1.807) is 0 Å². The molecule has 4 nitrogen and oxygen atoms in total. The van der Waals surface area contributed by atoms with Crippen LogP contribution in [0.4, 0.5) is 0 Å². The van der Waals surface area contributed by atoms with Crippen LogP contribution >= 0.6 is 0 Å². The first-order valence-corrected chi connectivity index (χ1v) is 20.4. The van der Waals surface area contributed by atoms with Crippen molar-refractivity contribution in [2.24, 2.45) is 10.3 Å². The van der Waals surface area contributed by atoms with E-state index in [2.05, 4.69) is 182 Å². The van der Waals surface area contributed by atoms with Gasteiger partial charge in [-0.15, -0.1) is 10.3 Å². The van der Waals surface area contributed by atoms with Gasteiger partial charge in [-0.1, -0.05) is 182 Å². The van der Waals surface area contributed by atoms with Crippen molar-refractivity contribution < 1.29 is 9.05 Å². The molecular formula is C42H38N2O2Si2. The highest BCUT2D eigenvalue weighted by atomic mass is 28.4. The van der Waals surface area contributed by atoms with E-state index >= 15 is 0 Å². The van der Waals surface area contributed by atoms with Crippen LogP contribution in [0.3, 0.4) is 0 Å². The van der Waals surface area contributed by atoms with Crippen molar-refractivity contribution >= 4 is 59.2 Å². The molecule has 7 rings (SSSR count). The van der Waals surface area contributed by atoms with Gasteiger partial charge in [0.15, 0.2) is 0 Å². The van der Waals surface area contributed by atoms with Gasteiger partial charge in [0.05, 0.1) is 11.4 Å². The number of hydrogen-bond acceptors (Lipinski definition) is 4. The van der Waals surface area contributed by atoms with Gasteiger partial charge in [-0.25, -0.2) is 0 Å². The fraction of sp³-hybridized carbons (Fsp3) is 0.0952. The topological polar surface area (TPSA) is 43.2 Å². The zero-order chi connectivity index (χ0) is 32.5. The summed E-state index contributed by atoms with van der Waals surface area (Å²) in [6.07, 6.45) is 3.28. The van der Waals surface area contributed by atoms with Crippen LogP contribution in [0.5, 0.6) is 0 Å². The minimum atomic E-state index is -2.96. The van der Waals surface area contributed by atoms with Crippen molar-refractivity contribution in [1.82, 2.24) is 0 Å². The lowest BCUT2D eigenvalue weighted by Gasteiger charge is -2.31. The molecule has 0 heterocycles. The van der Waals surface area contributed by atoms with Gasteiger partial charge in [-0.2, -0.15) is 0 Å². The molecule has 6 aromatic carbocycles. The molecule has 0 amide bonds.